The molecular weight excluding hydrogens is 182 g/mol. The molecule has 5 nitrogen and oxygen atoms in total. The first-order chi connectivity index (χ1) is 6.81. The molecule has 0 N–H and O–H groups in total. The first-order valence-electron chi connectivity index (χ1n) is 4.72. The normalized spacial score (nSPS) is 15.8. The second-order valence-corrected chi connectivity index (χ2v) is 3.60. The fraction of sp³-hybridized carbons (Fsp3) is 0.667. The SMILES string of the molecule is COCC(=O)c1cnnn1CC1CC1. The van der Waals surface area contributed by atoms with E-state index in [1.165, 1.54) is 26.1 Å². The van der Waals surface area contributed by atoms with Gasteiger partial charge in [0.05, 0.1) is 6.20 Å². The summed E-state index contributed by atoms with van der Waals surface area (Å²) in [4.78, 5) is 11.5. The van der Waals surface area contributed by atoms with E-state index in [0.717, 1.165) is 6.54 Å². The first kappa shape index (κ1) is 9.33. The molecule has 1 saturated carbocycles. The van der Waals surface area contributed by atoms with Gasteiger partial charge in [-0.05, 0) is 18.8 Å². The van der Waals surface area contributed by atoms with E-state index in [-0.39, 0.29) is 12.4 Å². The van der Waals surface area contributed by atoms with E-state index in [1.54, 1.807) is 4.68 Å². The molecule has 0 bridgehead atoms. The Morgan fingerprint density at radius 1 is 1.71 bits per heavy atom. The van der Waals surface area contributed by atoms with E-state index < -0.39 is 0 Å². The summed E-state index contributed by atoms with van der Waals surface area (Å²) in [5.74, 6) is 0.629. The zero-order valence-electron chi connectivity index (χ0n) is 8.14. The molecule has 0 amide bonds. The molecule has 1 aromatic rings. The van der Waals surface area contributed by atoms with Crippen LogP contribution in [0.3, 0.4) is 0 Å². The van der Waals surface area contributed by atoms with Gasteiger partial charge < -0.3 is 4.74 Å². The Morgan fingerprint density at radius 2 is 2.50 bits per heavy atom. The van der Waals surface area contributed by atoms with Gasteiger partial charge in [0, 0.05) is 13.7 Å². The minimum Gasteiger partial charge on any atom is -0.376 e. The number of Topliss-reactive ketones (excluding diaryl/α,β-unsaturated/α-hetero) is 1. The lowest BCUT2D eigenvalue weighted by Gasteiger charge is -2.02. The minimum atomic E-state index is -0.0573. The van der Waals surface area contributed by atoms with Crippen molar-refractivity contribution in [2.75, 3.05) is 13.7 Å². The van der Waals surface area contributed by atoms with Gasteiger partial charge in [0.25, 0.3) is 0 Å². The van der Waals surface area contributed by atoms with Crippen LogP contribution in [0, 0.1) is 5.92 Å². The van der Waals surface area contributed by atoms with Gasteiger partial charge in [0.1, 0.15) is 12.3 Å². The predicted molar refractivity (Wildman–Crippen MR) is 49.0 cm³/mol. The monoisotopic (exact) mass is 195 g/mol. The average Bonchev–Trinajstić information content (AvgIpc) is 2.82. The van der Waals surface area contributed by atoms with Gasteiger partial charge in [-0.3, -0.25) is 4.79 Å². The zero-order valence-corrected chi connectivity index (χ0v) is 8.14. The van der Waals surface area contributed by atoms with Crippen molar-refractivity contribution in [3.8, 4) is 0 Å². The van der Waals surface area contributed by atoms with Gasteiger partial charge in [-0.15, -0.1) is 5.10 Å². The maximum atomic E-state index is 11.5. The summed E-state index contributed by atoms with van der Waals surface area (Å²) in [6.07, 6.45) is 3.97. The van der Waals surface area contributed by atoms with Crippen LogP contribution < -0.4 is 0 Å². The number of methoxy groups -OCH3 is 1. The lowest BCUT2D eigenvalue weighted by atomic mass is 10.3. The molecule has 1 aromatic heterocycles. The zero-order chi connectivity index (χ0) is 9.97. The number of rotatable bonds is 5. The molecule has 0 unspecified atom stereocenters. The molecule has 14 heavy (non-hydrogen) atoms. The van der Waals surface area contributed by atoms with E-state index >= 15 is 0 Å². The summed E-state index contributed by atoms with van der Waals surface area (Å²) in [5.41, 5.74) is 0.554. The maximum Gasteiger partial charge on any atom is 0.208 e. The van der Waals surface area contributed by atoms with E-state index in [0.29, 0.717) is 11.6 Å². The van der Waals surface area contributed by atoms with Gasteiger partial charge >= 0.3 is 0 Å². The number of carbonyl (C=O) groups excluding carboxylic acids is 1. The Balaban J connectivity index is 2.07. The van der Waals surface area contributed by atoms with Crippen molar-refractivity contribution in [3.63, 3.8) is 0 Å². The maximum absolute atomic E-state index is 11.5. The van der Waals surface area contributed by atoms with Crippen molar-refractivity contribution in [1.82, 2.24) is 15.0 Å². The molecule has 1 aliphatic carbocycles. The summed E-state index contributed by atoms with van der Waals surface area (Å²) < 4.78 is 6.46. The Kier molecular flexibility index (Phi) is 2.58. The molecule has 0 saturated heterocycles. The van der Waals surface area contributed by atoms with Crippen LogP contribution in [0.2, 0.25) is 0 Å². The van der Waals surface area contributed by atoms with Gasteiger partial charge in [-0.1, -0.05) is 5.21 Å². The van der Waals surface area contributed by atoms with Crippen LogP contribution in [0.1, 0.15) is 23.3 Å². The van der Waals surface area contributed by atoms with Gasteiger partial charge in [-0.2, -0.15) is 0 Å². The Morgan fingerprint density at radius 3 is 3.14 bits per heavy atom. The van der Waals surface area contributed by atoms with Crippen molar-refractivity contribution >= 4 is 5.78 Å². The van der Waals surface area contributed by atoms with Crippen LogP contribution in [0.25, 0.3) is 0 Å². The molecule has 0 aliphatic heterocycles. The summed E-state index contributed by atoms with van der Waals surface area (Å²) in [7, 11) is 1.51. The van der Waals surface area contributed by atoms with Crippen molar-refractivity contribution in [3.05, 3.63) is 11.9 Å². The first-order valence-corrected chi connectivity index (χ1v) is 4.72. The van der Waals surface area contributed by atoms with Crippen molar-refractivity contribution in [2.24, 2.45) is 5.92 Å². The Labute approximate surface area is 82.1 Å². The smallest absolute Gasteiger partial charge is 0.208 e. The third kappa shape index (κ3) is 1.98. The predicted octanol–water partition coefficient (Wildman–Crippen LogP) is 0.517. The summed E-state index contributed by atoms with van der Waals surface area (Å²) >= 11 is 0. The van der Waals surface area contributed by atoms with Crippen LogP contribution in [0.4, 0.5) is 0 Å². The molecule has 5 heteroatoms. The van der Waals surface area contributed by atoms with Gasteiger partial charge in [0.2, 0.25) is 5.78 Å². The molecule has 0 atom stereocenters. The molecule has 1 aliphatic rings. The summed E-state index contributed by atoms with van der Waals surface area (Å²) in [5, 5.41) is 7.63. The van der Waals surface area contributed by atoms with Crippen LogP contribution in [-0.4, -0.2) is 34.5 Å². The lowest BCUT2D eigenvalue weighted by Crippen LogP contribution is -2.15. The van der Waals surface area contributed by atoms with E-state index in [2.05, 4.69) is 10.3 Å². The number of nitrogens with zero attached hydrogens (tertiary/aromatic N) is 3. The second-order valence-electron chi connectivity index (χ2n) is 3.60. The number of hydrogen-bond acceptors (Lipinski definition) is 4. The number of ketones is 1. The highest BCUT2D eigenvalue weighted by Gasteiger charge is 2.24. The summed E-state index contributed by atoms with van der Waals surface area (Å²) in [6.45, 7) is 0.906. The third-order valence-corrected chi connectivity index (χ3v) is 2.31. The van der Waals surface area contributed by atoms with Crippen molar-refractivity contribution in [1.29, 1.82) is 0 Å². The fourth-order valence-electron chi connectivity index (χ4n) is 1.36. The molecule has 76 valence electrons. The van der Waals surface area contributed by atoms with Crippen molar-refractivity contribution in [2.45, 2.75) is 19.4 Å². The van der Waals surface area contributed by atoms with Crippen LogP contribution in [-0.2, 0) is 11.3 Å². The topological polar surface area (TPSA) is 57.0 Å². The second kappa shape index (κ2) is 3.88. The largest absolute Gasteiger partial charge is 0.376 e. The Hall–Kier alpha value is -1.23. The highest BCUT2D eigenvalue weighted by molar-refractivity contribution is 5.95. The number of carbonyl (C=O) groups is 1. The number of ether oxygens (including phenoxy) is 1. The number of aromatic nitrogens is 3. The fourth-order valence-corrected chi connectivity index (χ4v) is 1.36. The average molecular weight is 195 g/mol. The molecule has 0 spiro atoms. The highest BCUT2D eigenvalue weighted by Crippen LogP contribution is 2.30. The van der Waals surface area contributed by atoms with Gasteiger partial charge in [-0.25, -0.2) is 4.68 Å². The molecule has 1 fully saturated rings. The van der Waals surface area contributed by atoms with Crippen LogP contribution in [0.5, 0.6) is 0 Å². The molecule has 0 aromatic carbocycles. The Bertz CT molecular complexity index is 331. The number of hydrogen-bond donors (Lipinski definition) is 0. The standard InChI is InChI=1S/C9H13N3O2/c1-14-6-9(13)8-4-10-11-12(8)5-7-2-3-7/h4,7H,2-3,5-6H2,1H3. The molecular formula is C9H13N3O2. The molecule has 1 heterocycles. The summed E-state index contributed by atoms with van der Waals surface area (Å²) in [6, 6.07) is 0. The molecule has 0 radical (unpaired) electrons. The lowest BCUT2D eigenvalue weighted by molar-refractivity contribution is 0.0836. The third-order valence-electron chi connectivity index (χ3n) is 2.31. The molecule has 2 rings (SSSR count). The van der Waals surface area contributed by atoms with Gasteiger partial charge in [0.15, 0.2) is 0 Å². The van der Waals surface area contributed by atoms with E-state index in [1.807, 2.05) is 0 Å². The van der Waals surface area contributed by atoms with Crippen LogP contribution in [0.15, 0.2) is 6.20 Å². The quantitative estimate of drug-likeness (QED) is 0.642. The minimum absolute atomic E-state index is 0.0573. The van der Waals surface area contributed by atoms with E-state index in [9.17, 15) is 4.79 Å². The van der Waals surface area contributed by atoms with Crippen molar-refractivity contribution < 1.29 is 9.53 Å². The highest BCUT2D eigenvalue weighted by atomic mass is 16.5. The van der Waals surface area contributed by atoms with Crippen LogP contribution >= 0.6 is 0 Å². The van der Waals surface area contributed by atoms with E-state index in [4.69, 9.17) is 4.74 Å².